The van der Waals surface area contributed by atoms with Gasteiger partial charge in [-0.15, -0.1) is 0 Å². The maximum Gasteiger partial charge on any atom is 0.257 e. The molecule has 1 aromatic rings. The Balaban J connectivity index is 2.41. The van der Waals surface area contributed by atoms with Gasteiger partial charge in [0.1, 0.15) is 5.75 Å². The molecule has 1 atom stereocenters. The van der Waals surface area contributed by atoms with Crippen molar-refractivity contribution >= 4 is 5.91 Å². The maximum atomic E-state index is 11.5. The van der Waals surface area contributed by atoms with E-state index in [1.54, 1.807) is 6.92 Å². The summed E-state index contributed by atoms with van der Waals surface area (Å²) in [4.78, 5) is 11.5. The molecule has 0 aliphatic rings. The van der Waals surface area contributed by atoms with E-state index in [1.807, 2.05) is 31.2 Å². The summed E-state index contributed by atoms with van der Waals surface area (Å²) in [5, 5.41) is 11.2. The third-order valence-corrected chi connectivity index (χ3v) is 2.54. The highest BCUT2D eigenvalue weighted by Crippen LogP contribution is 2.17. The molecule has 0 fully saturated rings. The van der Waals surface area contributed by atoms with Crippen molar-refractivity contribution < 1.29 is 9.53 Å². The zero-order valence-electron chi connectivity index (χ0n) is 10.8. The molecule has 4 heteroatoms. The molecule has 0 aliphatic carbocycles. The van der Waals surface area contributed by atoms with Gasteiger partial charge in [-0.1, -0.05) is 25.1 Å². The number of carbonyl (C=O) groups excluding carboxylic acids is 1. The van der Waals surface area contributed by atoms with E-state index in [0.29, 0.717) is 6.54 Å². The fourth-order valence-corrected chi connectivity index (χ4v) is 1.44. The molecule has 0 aromatic heterocycles. The number of carbonyl (C=O) groups is 1. The molecular weight excluding hydrogens is 228 g/mol. The van der Waals surface area contributed by atoms with Crippen molar-refractivity contribution in [2.75, 3.05) is 13.2 Å². The quantitative estimate of drug-likeness (QED) is 0.834. The predicted molar refractivity (Wildman–Crippen MR) is 69.1 cm³/mol. The topological polar surface area (TPSA) is 62.1 Å². The highest BCUT2D eigenvalue weighted by atomic mass is 16.5. The van der Waals surface area contributed by atoms with Crippen LogP contribution in [0.2, 0.25) is 0 Å². The second-order valence-corrected chi connectivity index (χ2v) is 4.08. The monoisotopic (exact) mass is 246 g/mol. The summed E-state index contributed by atoms with van der Waals surface area (Å²) in [5.74, 6) is 0.350. The molecule has 96 valence electrons. The lowest BCUT2D eigenvalue weighted by molar-refractivity contribution is -0.123. The summed E-state index contributed by atoms with van der Waals surface area (Å²) in [5.41, 5.74) is 1.08. The Bertz CT molecular complexity index is 438. The van der Waals surface area contributed by atoms with Crippen LogP contribution in [0, 0.1) is 17.2 Å². The summed E-state index contributed by atoms with van der Waals surface area (Å²) < 4.78 is 5.46. The van der Waals surface area contributed by atoms with Crippen molar-refractivity contribution in [3.8, 4) is 11.8 Å². The van der Waals surface area contributed by atoms with Gasteiger partial charge in [0.2, 0.25) is 0 Å². The Kier molecular flexibility index (Phi) is 5.72. The number of para-hydroxylation sites is 1. The first kappa shape index (κ1) is 14.0. The molecule has 0 spiro atoms. The number of hydrogen-bond acceptors (Lipinski definition) is 3. The van der Waals surface area contributed by atoms with Gasteiger partial charge in [0.15, 0.2) is 6.61 Å². The molecule has 1 amide bonds. The Hall–Kier alpha value is -2.02. The molecule has 0 bridgehead atoms. The number of amides is 1. The zero-order valence-corrected chi connectivity index (χ0v) is 10.8. The van der Waals surface area contributed by atoms with E-state index in [2.05, 4.69) is 11.4 Å². The molecule has 1 N–H and O–H groups in total. The number of hydrogen-bond donors (Lipinski definition) is 1. The van der Waals surface area contributed by atoms with Crippen LogP contribution in [-0.2, 0) is 11.2 Å². The van der Waals surface area contributed by atoms with E-state index in [9.17, 15) is 4.79 Å². The molecule has 0 aliphatic heterocycles. The normalized spacial score (nSPS) is 11.4. The predicted octanol–water partition coefficient (Wildman–Crippen LogP) is 1.90. The van der Waals surface area contributed by atoms with Crippen LogP contribution in [0.1, 0.15) is 19.4 Å². The number of nitrogens with one attached hydrogen (secondary N) is 1. The Labute approximate surface area is 108 Å². The molecule has 18 heavy (non-hydrogen) atoms. The van der Waals surface area contributed by atoms with E-state index in [4.69, 9.17) is 10.00 Å². The van der Waals surface area contributed by atoms with Crippen LogP contribution < -0.4 is 10.1 Å². The first-order chi connectivity index (χ1) is 8.67. The van der Waals surface area contributed by atoms with Gasteiger partial charge in [-0.2, -0.15) is 5.26 Å². The summed E-state index contributed by atoms with van der Waals surface area (Å²) >= 11 is 0. The number of nitrogens with zero attached hydrogens (tertiary/aromatic N) is 1. The molecule has 0 unspecified atom stereocenters. The molecule has 1 aromatic carbocycles. The largest absolute Gasteiger partial charge is 0.483 e. The second kappa shape index (κ2) is 7.33. The van der Waals surface area contributed by atoms with Crippen LogP contribution in [0.5, 0.6) is 5.75 Å². The molecular formula is C14H18N2O2. The van der Waals surface area contributed by atoms with Gasteiger partial charge >= 0.3 is 0 Å². The van der Waals surface area contributed by atoms with Crippen LogP contribution in [0.4, 0.5) is 0 Å². The highest BCUT2D eigenvalue weighted by Gasteiger charge is 2.06. The lowest BCUT2D eigenvalue weighted by Crippen LogP contribution is -2.32. The fourth-order valence-electron chi connectivity index (χ4n) is 1.44. The van der Waals surface area contributed by atoms with Crippen molar-refractivity contribution in [3.63, 3.8) is 0 Å². The van der Waals surface area contributed by atoms with Crippen molar-refractivity contribution in [2.45, 2.75) is 20.3 Å². The van der Waals surface area contributed by atoms with Crippen molar-refractivity contribution in [1.82, 2.24) is 5.32 Å². The highest BCUT2D eigenvalue weighted by molar-refractivity contribution is 5.77. The van der Waals surface area contributed by atoms with Crippen LogP contribution in [0.3, 0.4) is 0 Å². The number of ether oxygens (including phenoxy) is 1. The minimum absolute atomic E-state index is 0.0187. The first-order valence-corrected chi connectivity index (χ1v) is 6.04. The van der Waals surface area contributed by atoms with Gasteiger partial charge in [-0.3, -0.25) is 4.79 Å². The Morgan fingerprint density at radius 2 is 2.22 bits per heavy atom. The van der Waals surface area contributed by atoms with E-state index >= 15 is 0 Å². The lowest BCUT2D eigenvalue weighted by Gasteiger charge is -2.10. The third kappa shape index (κ3) is 4.46. The van der Waals surface area contributed by atoms with Gasteiger partial charge in [0.25, 0.3) is 5.91 Å². The second-order valence-electron chi connectivity index (χ2n) is 4.08. The molecule has 0 heterocycles. The standard InChI is InChI=1S/C14H18N2O2/c1-3-12-6-4-5-7-13(12)18-10-14(17)16-9-11(2)8-15/h4-7,11H,3,9-10H2,1-2H3,(H,16,17)/t11-/m0/s1. The number of aryl methyl sites for hydroxylation is 1. The van der Waals surface area contributed by atoms with Crippen LogP contribution in [0.25, 0.3) is 0 Å². The van der Waals surface area contributed by atoms with E-state index < -0.39 is 0 Å². The maximum absolute atomic E-state index is 11.5. The average Bonchev–Trinajstić information content (AvgIpc) is 2.42. The smallest absolute Gasteiger partial charge is 0.257 e. The van der Waals surface area contributed by atoms with Gasteiger partial charge in [0.05, 0.1) is 12.0 Å². The minimum Gasteiger partial charge on any atom is -0.483 e. The molecule has 0 saturated heterocycles. The minimum atomic E-state index is -0.206. The van der Waals surface area contributed by atoms with Crippen molar-refractivity contribution in [2.24, 2.45) is 5.92 Å². The number of rotatable bonds is 6. The molecule has 0 saturated carbocycles. The first-order valence-electron chi connectivity index (χ1n) is 6.04. The SMILES string of the molecule is CCc1ccccc1OCC(=O)NC[C@@H](C)C#N. The Morgan fingerprint density at radius 3 is 2.89 bits per heavy atom. The number of nitriles is 1. The van der Waals surface area contributed by atoms with E-state index in [-0.39, 0.29) is 18.4 Å². The lowest BCUT2D eigenvalue weighted by atomic mass is 10.1. The van der Waals surface area contributed by atoms with Gasteiger partial charge in [0, 0.05) is 6.54 Å². The summed E-state index contributed by atoms with van der Waals surface area (Å²) in [6.45, 7) is 4.13. The fraction of sp³-hybridized carbons (Fsp3) is 0.429. The van der Waals surface area contributed by atoms with Gasteiger partial charge < -0.3 is 10.1 Å². The van der Waals surface area contributed by atoms with E-state index in [0.717, 1.165) is 17.7 Å². The summed E-state index contributed by atoms with van der Waals surface area (Å²) in [6.07, 6.45) is 0.864. The average molecular weight is 246 g/mol. The summed E-state index contributed by atoms with van der Waals surface area (Å²) in [6, 6.07) is 9.71. The van der Waals surface area contributed by atoms with Crippen LogP contribution >= 0.6 is 0 Å². The molecule has 1 rings (SSSR count). The summed E-state index contributed by atoms with van der Waals surface area (Å²) in [7, 11) is 0. The number of benzene rings is 1. The van der Waals surface area contributed by atoms with Crippen molar-refractivity contribution in [1.29, 1.82) is 5.26 Å². The van der Waals surface area contributed by atoms with Crippen LogP contribution in [0.15, 0.2) is 24.3 Å². The Morgan fingerprint density at radius 1 is 1.50 bits per heavy atom. The van der Waals surface area contributed by atoms with E-state index in [1.165, 1.54) is 0 Å². The molecule has 4 nitrogen and oxygen atoms in total. The van der Waals surface area contributed by atoms with Gasteiger partial charge in [-0.25, -0.2) is 0 Å². The van der Waals surface area contributed by atoms with Crippen molar-refractivity contribution in [3.05, 3.63) is 29.8 Å². The zero-order chi connectivity index (χ0) is 13.4. The molecule has 0 radical (unpaired) electrons. The van der Waals surface area contributed by atoms with Gasteiger partial charge in [-0.05, 0) is 25.0 Å². The third-order valence-electron chi connectivity index (χ3n) is 2.54. The van der Waals surface area contributed by atoms with Crippen LogP contribution in [-0.4, -0.2) is 19.1 Å².